The van der Waals surface area contributed by atoms with Gasteiger partial charge in [0.05, 0.1) is 6.54 Å². The van der Waals surface area contributed by atoms with Crippen molar-refractivity contribution in [2.75, 3.05) is 18.0 Å². The van der Waals surface area contributed by atoms with Gasteiger partial charge in [-0.05, 0) is 35.7 Å². The SMILES string of the molecule is CC(C)CN(C[C@@]1(C#N)O[C@@H]1c1ccc(Cl)cc1)c1ccccc1. The fourth-order valence-electron chi connectivity index (χ4n) is 3.02. The Balaban J connectivity index is 1.81. The third kappa shape index (κ3) is 3.56. The fraction of sp³-hybridized carbons (Fsp3) is 0.350. The van der Waals surface area contributed by atoms with Crippen LogP contribution in [-0.4, -0.2) is 18.7 Å². The normalized spacial score (nSPS) is 22.2. The van der Waals surface area contributed by atoms with E-state index in [0.29, 0.717) is 17.5 Å². The van der Waals surface area contributed by atoms with E-state index in [1.165, 1.54) is 0 Å². The maximum atomic E-state index is 9.75. The van der Waals surface area contributed by atoms with Crippen LogP contribution < -0.4 is 4.90 Å². The second-order valence-corrected chi connectivity index (χ2v) is 7.10. The highest BCUT2D eigenvalue weighted by atomic mass is 35.5. The van der Waals surface area contributed by atoms with E-state index in [1.54, 1.807) is 0 Å². The van der Waals surface area contributed by atoms with Crippen LogP contribution >= 0.6 is 11.6 Å². The summed E-state index contributed by atoms with van der Waals surface area (Å²) in [6.45, 7) is 5.79. The van der Waals surface area contributed by atoms with Crippen molar-refractivity contribution in [3.63, 3.8) is 0 Å². The van der Waals surface area contributed by atoms with Gasteiger partial charge in [-0.1, -0.05) is 55.8 Å². The zero-order valence-electron chi connectivity index (χ0n) is 13.9. The van der Waals surface area contributed by atoms with Crippen LogP contribution in [0.1, 0.15) is 25.5 Å². The predicted molar refractivity (Wildman–Crippen MR) is 97.1 cm³/mol. The molecule has 1 aliphatic rings. The van der Waals surface area contributed by atoms with E-state index in [2.05, 4.69) is 36.9 Å². The first-order chi connectivity index (χ1) is 11.5. The molecule has 24 heavy (non-hydrogen) atoms. The highest BCUT2D eigenvalue weighted by molar-refractivity contribution is 6.30. The molecule has 0 bridgehead atoms. The number of benzene rings is 2. The van der Waals surface area contributed by atoms with Crippen molar-refractivity contribution in [1.29, 1.82) is 5.26 Å². The standard InChI is InChI=1S/C20H21ClN2O/c1-15(2)12-23(18-6-4-3-5-7-18)14-20(13-22)19(24-20)16-8-10-17(21)11-9-16/h3-11,15,19H,12,14H2,1-2H3/t19-,20-/m1/s1. The largest absolute Gasteiger partial charge is 0.367 e. The van der Waals surface area contributed by atoms with Gasteiger partial charge in [-0.25, -0.2) is 0 Å². The van der Waals surface area contributed by atoms with Crippen LogP contribution in [0.5, 0.6) is 0 Å². The topological polar surface area (TPSA) is 39.6 Å². The summed E-state index contributed by atoms with van der Waals surface area (Å²) in [6.07, 6.45) is -0.196. The maximum absolute atomic E-state index is 9.75. The Kier molecular flexibility index (Phi) is 4.80. The molecular formula is C20H21ClN2O. The summed E-state index contributed by atoms with van der Waals surface area (Å²) >= 11 is 5.95. The predicted octanol–water partition coefficient (Wildman–Crippen LogP) is 4.84. The van der Waals surface area contributed by atoms with Gasteiger partial charge >= 0.3 is 0 Å². The summed E-state index contributed by atoms with van der Waals surface area (Å²) in [4.78, 5) is 2.24. The van der Waals surface area contributed by atoms with Crippen molar-refractivity contribution in [1.82, 2.24) is 0 Å². The summed E-state index contributed by atoms with van der Waals surface area (Å²) in [5, 5.41) is 10.4. The lowest BCUT2D eigenvalue weighted by molar-refractivity contribution is 0.334. The minimum Gasteiger partial charge on any atom is -0.367 e. The van der Waals surface area contributed by atoms with Crippen LogP contribution in [0.15, 0.2) is 54.6 Å². The molecule has 0 unspecified atom stereocenters. The first-order valence-electron chi connectivity index (χ1n) is 8.18. The summed E-state index contributed by atoms with van der Waals surface area (Å²) in [7, 11) is 0. The zero-order chi connectivity index (χ0) is 17.2. The molecule has 0 amide bonds. The fourth-order valence-corrected chi connectivity index (χ4v) is 3.14. The lowest BCUT2D eigenvalue weighted by Crippen LogP contribution is -2.37. The van der Waals surface area contributed by atoms with Gasteiger partial charge in [0.15, 0.2) is 0 Å². The van der Waals surface area contributed by atoms with Gasteiger partial charge in [0.1, 0.15) is 12.2 Å². The number of ether oxygens (including phenoxy) is 1. The van der Waals surface area contributed by atoms with Gasteiger partial charge in [0, 0.05) is 17.3 Å². The van der Waals surface area contributed by atoms with E-state index in [0.717, 1.165) is 17.8 Å². The lowest BCUT2D eigenvalue weighted by atomic mass is 9.99. The Morgan fingerprint density at radius 2 is 1.83 bits per heavy atom. The number of halogens is 1. The highest BCUT2D eigenvalue weighted by Gasteiger charge is 2.59. The minimum absolute atomic E-state index is 0.196. The highest BCUT2D eigenvalue weighted by Crippen LogP contribution is 2.50. The molecule has 0 aromatic heterocycles. The smallest absolute Gasteiger partial charge is 0.202 e. The Hall–Kier alpha value is -2.02. The molecule has 2 aromatic carbocycles. The number of para-hydroxylation sites is 1. The molecule has 2 aromatic rings. The van der Waals surface area contributed by atoms with Crippen molar-refractivity contribution < 1.29 is 4.74 Å². The first kappa shape index (κ1) is 16.8. The average Bonchev–Trinajstić information content (AvgIpc) is 3.30. The van der Waals surface area contributed by atoms with Crippen molar-refractivity contribution in [3.8, 4) is 6.07 Å². The monoisotopic (exact) mass is 340 g/mol. The van der Waals surface area contributed by atoms with Gasteiger partial charge in [0.25, 0.3) is 0 Å². The quantitative estimate of drug-likeness (QED) is 0.706. The second kappa shape index (κ2) is 6.84. The summed E-state index contributed by atoms with van der Waals surface area (Å²) in [5.74, 6) is 0.494. The number of epoxide rings is 1. The zero-order valence-corrected chi connectivity index (χ0v) is 14.7. The molecule has 1 saturated heterocycles. The van der Waals surface area contributed by atoms with Gasteiger partial charge in [-0.3, -0.25) is 0 Å². The number of nitrogens with zero attached hydrogens (tertiary/aromatic N) is 2. The molecule has 0 spiro atoms. The molecule has 3 rings (SSSR count). The van der Waals surface area contributed by atoms with Crippen LogP contribution in [0.25, 0.3) is 0 Å². The van der Waals surface area contributed by atoms with E-state index in [4.69, 9.17) is 16.3 Å². The van der Waals surface area contributed by atoms with Gasteiger partial charge in [-0.2, -0.15) is 5.26 Å². The van der Waals surface area contributed by atoms with Crippen molar-refractivity contribution >= 4 is 17.3 Å². The minimum atomic E-state index is -0.793. The Morgan fingerprint density at radius 3 is 2.42 bits per heavy atom. The molecule has 1 fully saturated rings. The number of rotatable bonds is 6. The Bertz CT molecular complexity index is 724. The molecule has 4 heteroatoms. The molecule has 1 aliphatic heterocycles. The molecule has 124 valence electrons. The number of hydrogen-bond donors (Lipinski definition) is 0. The Morgan fingerprint density at radius 1 is 1.17 bits per heavy atom. The van der Waals surface area contributed by atoms with E-state index in [9.17, 15) is 5.26 Å². The average molecular weight is 341 g/mol. The van der Waals surface area contributed by atoms with Crippen LogP contribution in [0.4, 0.5) is 5.69 Å². The van der Waals surface area contributed by atoms with Crippen LogP contribution in [0.2, 0.25) is 5.02 Å². The summed E-state index contributed by atoms with van der Waals surface area (Å²) in [5.41, 5.74) is 1.32. The van der Waals surface area contributed by atoms with E-state index >= 15 is 0 Å². The summed E-state index contributed by atoms with van der Waals surface area (Å²) in [6, 6.07) is 20.1. The molecule has 0 aliphatic carbocycles. The Labute approximate surface area is 148 Å². The van der Waals surface area contributed by atoms with Crippen LogP contribution in [-0.2, 0) is 4.74 Å². The molecule has 0 radical (unpaired) electrons. The maximum Gasteiger partial charge on any atom is 0.202 e. The molecule has 3 nitrogen and oxygen atoms in total. The number of hydrogen-bond acceptors (Lipinski definition) is 3. The van der Waals surface area contributed by atoms with Gasteiger partial charge in [-0.15, -0.1) is 0 Å². The molecule has 0 N–H and O–H groups in total. The summed E-state index contributed by atoms with van der Waals surface area (Å²) < 4.78 is 5.87. The molecule has 1 heterocycles. The third-order valence-electron chi connectivity index (χ3n) is 4.19. The second-order valence-electron chi connectivity index (χ2n) is 6.66. The van der Waals surface area contributed by atoms with Gasteiger partial charge < -0.3 is 9.64 Å². The molecule has 0 saturated carbocycles. The number of nitriles is 1. The van der Waals surface area contributed by atoms with E-state index < -0.39 is 5.60 Å². The first-order valence-corrected chi connectivity index (χ1v) is 8.56. The lowest BCUT2D eigenvalue weighted by Gasteiger charge is -2.27. The van der Waals surface area contributed by atoms with Crippen molar-refractivity contribution in [2.45, 2.75) is 25.6 Å². The van der Waals surface area contributed by atoms with E-state index in [-0.39, 0.29) is 6.10 Å². The van der Waals surface area contributed by atoms with Crippen LogP contribution in [0, 0.1) is 17.2 Å². The van der Waals surface area contributed by atoms with Gasteiger partial charge in [0.2, 0.25) is 5.60 Å². The van der Waals surface area contributed by atoms with E-state index in [1.807, 2.05) is 42.5 Å². The third-order valence-corrected chi connectivity index (χ3v) is 4.44. The molecule has 2 atom stereocenters. The molecular weight excluding hydrogens is 320 g/mol. The van der Waals surface area contributed by atoms with Crippen molar-refractivity contribution in [3.05, 3.63) is 65.2 Å². The van der Waals surface area contributed by atoms with Crippen LogP contribution in [0.3, 0.4) is 0 Å². The van der Waals surface area contributed by atoms with Crippen molar-refractivity contribution in [2.24, 2.45) is 5.92 Å². The number of anilines is 1.